The molecule has 1 aromatic carbocycles. The number of rotatable bonds is 4. The van der Waals surface area contributed by atoms with Gasteiger partial charge in [0.25, 0.3) is 0 Å². The highest BCUT2D eigenvalue weighted by Gasteiger charge is 2.24. The number of aromatic nitrogens is 1. The number of nitrogens with one attached hydrogen (secondary N) is 2. The molecule has 2 aromatic rings. The normalized spacial score (nSPS) is 17.2. The molecule has 1 aliphatic rings. The largest absolute Gasteiger partial charge is 0.356 e. The van der Waals surface area contributed by atoms with Crippen LogP contribution in [-0.2, 0) is 0 Å². The van der Waals surface area contributed by atoms with Crippen molar-refractivity contribution in [1.29, 1.82) is 10.8 Å². The van der Waals surface area contributed by atoms with Gasteiger partial charge in [-0.05, 0) is 48.7 Å². The van der Waals surface area contributed by atoms with Crippen LogP contribution in [0.15, 0.2) is 36.4 Å². The van der Waals surface area contributed by atoms with Gasteiger partial charge >= 0.3 is 0 Å². The van der Waals surface area contributed by atoms with Crippen molar-refractivity contribution in [3.8, 4) is 11.1 Å². The molecule has 0 spiro atoms. The molecule has 0 fully saturated rings. The second kappa shape index (κ2) is 7.38. The molecule has 1 unspecified atom stereocenters. The van der Waals surface area contributed by atoms with E-state index in [1.54, 1.807) is 25.1 Å². The van der Waals surface area contributed by atoms with Gasteiger partial charge < -0.3 is 10.3 Å². The zero-order valence-corrected chi connectivity index (χ0v) is 15.4. The quantitative estimate of drug-likeness (QED) is 0.599. The van der Waals surface area contributed by atoms with E-state index < -0.39 is 5.95 Å². The van der Waals surface area contributed by atoms with Gasteiger partial charge in [-0.2, -0.15) is 4.39 Å². The second-order valence-corrected chi connectivity index (χ2v) is 6.68. The van der Waals surface area contributed by atoms with Crippen LogP contribution in [-0.4, -0.2) is 35.0 Å². The van der Waals surface area contributed by atoms with Gasteiger partial charge in [0, 0.05) is 35.6 Å². The Bertz CT molecular complexity index is 907. The summed E-state index contributed by atoms with van der Waals surface area (Å²) in [5, 5.41) is 16.2. The molecule has 0 saturated carbocycles. The van der Waals surface area contributed by atoms with Crippen molar-refractivity contribution in [1.82, 2.24) is 9.88 Å². The maximum absolute atomic E-state index is 14.1. The van der Waals surface area contributed by atoms with Crippen LogP contribution in [0.3, 0.4) is 0 Å². The lowest BCUT2D eigenvalue weighted by atomic mass is 9.93. The SMILES string of the molecule is CCN1CC(c2ccc(-c3ccc(C)nc3F)cc2Cl)=CC(C=N)C1=N. The minimum Gasteiger partial charge on any atom is -0.356 e. The second-order valence-electron chi connectivity index (χ2n) is 6.27. The van der Waals surface area contributed by atoms with Gasteiger partial charge in [-0.1, -0.05) is 29.8 Å². The zero-order chi connectivity index (χ0) is 18.8. The Morgan fingerprint density at radius 2 is 2.04 bits per heavy atom. The topological polar surface area (TPSA) is 63.8 Å². The Balaban J connectivity index is 2.00. The third-order valence-corrected chi connectivity index (χ3v) is 4.89. The average molecular weight is 371 g/mol. The van der Waals surface area contributed by atoms with Crippen molar-refractivity contribution in [2.24, 2.45) is 5.92 Å². The number of amidine groups is 1. The molecule has 4 nitrogen and oxygen atoms in total. The summed E-state index contributed by atoms with van der Waals surface area (Å²) >= 11 is 6.50. The van der Waals surface area contributed by atoms with Crippen molar-refractivity contribution >= 4 is 29.2 Å². The number of pyridine rings is 1. The highest BCUT2D eigenvalue weighted by atomic mass is 35.5. The maximum atomic E-state index is 14.1. The lowest BCUT2D eigenvalue weighted by Crippen LogP contribution is -2.40. The van der Waals surface area contributed by atoms with Crippen LogP contribution in [0.25, 0.3) is 16.7 Å². The van der Waals surface area contributed by atoms with Crippen LogP contribution >= 0.6 is 11.6 Å². The van der Waals surface area contributed by atoms with Crippen LogP contribution in [0.1, 0.15) is 18.2 Å². The number of halogens is 2. The molecule has 3 rings (SSSR count). The molecular formula is C20H20ClFN4. The van der Waals surface area contributed by atoms with Crippen molar-refractivity contribution < 1.29 is 4.39 Å². The number of hydrogen-bond acceptors (Lipinski definition) is 3. The number of aryl methyl sites for hydroxylation is 1. The van der Waals surface area contributed by atoms with Gasteiger partial charge in [-0.15, -0.1) is 0 Å². The minimum absolute atomic E-state index is 0.354. The minimum atomic E-state index is -0.514. The third-order valence-electron chi connectivity index (χ3n) is 4.57. The Morgan fingerprint density at radius 1 is 1.31 bits per heavy atom. The summed E-state index contributed by atoms with van der Waals surface area (Å²) in [5.41, 5.74) is 3.52. The zero-order valence-electron chi connectivity index (χ0n) is 14.7. The van der Waals surface area contributed by atoms with Crippen molar-refractivity contribution in [3.05, 3.63) is 58.6 Å². The number of benzene rings is 1. The first-order chi connectivity index (χ1) is 12.4. The van der Waals surface area contributed by atoms with Crippen molar-refractivity contribution in [2.75, 3.05) is 13.1 Å². The number of nitrogens with zero attached hydrogens (tertiary/aromatic N) is 2. The van der Waals surface area contributed by atoms with Crippen LogP contribution in [0.4, 0.5) is 4.39 Å². The lowest BCUT2D eigenvalue weighted by Gasteiger charge is -2.32. The van der Waals surface area contributed by atoms with E-state index >= 15 is 0 Å². The van der Waals surface area contributed by atoms with E-state index in [0.717, 1.165) is 11.1 Å². The highest BCUT2D eigenvalue weighted by molar-refractivity contribution is 6.32. The van der Waals surface area contributed by atoms with Crippen LogP contribution in [0.2, 0.25) is 5.02 Å². The van der Waals surface area contributed by atoms with E-state index in [0.29, 0.717) is 40.8 Å². The fourth-order valence-electron chi connectivity index (χ4n) is 3.12. The monoisotopic (exact) mass is 370 g/mol. The van der Waals surface area contributed by atoms with E-state index in [9.17, 15) is 4.39 Å². The fourth-order valence-corrected chi connectivity index (χ4v) is 3.42. The highest BCUT2D eigenvalue weighted by Crippen LogP contribution is 2.33. The van der Waals surface area contributed by atoms with Crippen LogP contribution in [0, 0.1) is 29.6 Å². The van der Waals surface area contributed by atoms with E-state index in [1.165, 1.54) is 6.21 Å². The Kier molecular flexibility index (Phi) is 5.18. The molecule has 2 N–H and O–H groups in total. The summed E-state index contributed by atoms with van der Waals surface area (Å²) in [4.78, 5) is 5.78. The molecule has 134 valence electrons. The third kappa shape index (κ3) is 3.40. The van der Waals surface area contributed by atoms with Gasteiger partial charge in [0.05, 0.1) is 5.92 Å². The van der Waals surface area contributed by atoms with E-state index in [-0.39, 0.29) is 5.92 Å². The molecule has 26 heavy (non-hydrogen) atoms. The van der Waals surface area contributed by atoms with E-state index in [2.05, 4.69) is 4.98 Å². The molecule has 1 aromatic heterocycles. The predicted octanol–water partition coefficient (Wildman–Crippen LogP) is 4.81. The standard InChI is InChI=1S/C20H20ClFN4/c1-3-26-11-15(8-14(10-23)20(26)24)16-7-5-13(9-18(16)21)17-6-4-12(2)25-19(17)22/h4-10,14,23-24H,3,11H2,1-2H3. The molecular weight excluding hydrogens is 351 g/mol. The summed E-state index contributed by atoms with van der Waals surface area (Å²) in [5.74, 6) is -0.444. The molecule has 0 radical (unpaired) electrons. The Hall–Kier alpha value is -2.53. The van der Waals surface area contributed by atoms with Gasteiger partial charge in [0.1, 0.15) is 5.84 Å². The summed E-state index contributed by atoms with van der Waals surface area (Å²) in [6, 6.07) is 8.90. The van der Waals surface area contributed by atoms with Crippen molar-refractivity contribution in [3.63, 3.8) is 0 Å². The van der Waals surface area contributed by atoms with Crippen LogP contribution in [0.5, 0.6) is 0 Å². The van der Waals surface area contributed by atoms with E-state index in [1.807, 2.05) is 30.0 Å². The fraction of sp³-hybridized carbons (Fsp3) is 0.250. The van der Waals surface area contributed by atoms with Gasteiger partial charge in [-0.3, -0.25) is 5.41 Å². The van der Waals surface area contributed by atoms with E-state index in [4.69, 9.17) is 22.4 Å². The smallest absolute Gasteiger partial charge is 0.220 e. The maximum Gasteiger partial charge on any atom is 0.220 e. The van der Waals surface area contributed by atoms with Gasteiger partial charge in [0.2, 0.25) is 5.95 Å². The van der Waals surface area contributed by atoms with Gasteiger partial charge in [0.15, 0.2) is 0 Å². The average Bonchev–Trinajstić information content (AvgIpc) is 2.62. The summed E-state index contributed by atoms with van der Waals surface area (Å²) in [6.45, 7) is 4.99. The predicted molar refractivity (Wildman–Crippen MR) is 105 cm³/mol. The Labute approximate surface area is 157 Å². The first kappa shape index (κ1) is 18.3. The number of likely N-dealkylation sites (N-methyl/N-ethyl adjacent to an activating group) is 1. The molecule has 1 atom stereocenters. The van der Waals surface area contributed by atoms with Gasteiger partial charge in [-0.25, -0.2) is 4.98 Å². The number of hydrogen-bond donors (Lipinski definition) is 2. The molecule has 1 aliphatic heterocycles. The Morgan fingerprint density at radius 3 is 2.65 bits per heavy atom. The first-order valence-electron chi connectivity index (χ1n) is 8.42. The molecule has 2 heterocycles. The van der Waals surface area contributed by atoms with Crippen LogP contribution < -0.4 is 0 Å². The first-order valence-corrected chi connectivity index (χ1v) is 8.80. The summed E-state index contributed by atoms with van der Waals surface area (Å²) in [7, 11) is 0. The molecule has 0 saturated heterocycles. The molecule has 0 amide bonds. The molecule has 0 bridgehead atoms. The molecule has 6 heteroatoms. The summed E-state index contributed by atoms with van der Waals surface area (Å²) < 4.78 is 14.1. The molecule has 0 aliphatic carbocycles. The summed E-state index contributed by atoms with van der Waals surface area (Å²) in [6.07, 6.45) is 3.16. The van der Waals surface area contributed by atoms with Crippen molar-refractivity contribution in [2.45, 2.75) is 13.8 Å². The lowest BCUT2D eigenvalue weighted by molar-refractivity contribution is 0.469.